The van der Waals surface area contributed by atoms with Gasteiger partial charge in [-0.2, -0.15) is 0 Å². The highest BCUT2D eigenvalue weighted by Gasteiger charge is 2.12. The average Bonchev–Trinajstić information content (AvgIpc) is 2.54. The summed E-state index contributed by atoms with van der Waals surface area (Å²) in [5.41, 5.74) is 0.852. The van der Waals surface area contributed by atoms with Crippen LogP contribution in [0.15, 0.2) is 41.5 Å². The maximum atomic E-state index is 12.2. The fourth-order valence-corrected chi connectivity index (χ4v) is 2.40. The van der Waals surface area contributed by atoms with Crippen molar-refractivity contribution in [2.75, 3.05) is 17.2 Å². The number of rotatable bonds is 5. The molecule has 3 aromatic rings. The number of aryl methyl sites for hydroxylation is 1. The van der Waals surface area contributed by atoms with Crippen LogP contribution in [0.4, 0.5) is 17.5 Å². The van der Waals surface area contributed by atoms with E-state index in [1.165, 1.54) is 0 Å². The Hall–Kier alpha value is -2.93. The molecule has 0 amide bonds. The number of hydrogen-bond acceptors (Lipinski definition) is 6. The number of anilines is 3. The van der Waals surface area contributed by atoms with Crippen LogP contribution < -0.4 is 16.2 Å². The molecule has 0 saturated heterocycles. The molecule has 0 aliphatic heterocycles. The average molecular weight is 325 g/mol. The molecule has 24 heavy (non-hydrogen) atoms. The minimum Gasteiger partial charge on any atom is -0.394 e. The van der Waals surface area contributed by atoms with Gasteiger partial charge in [0, 0.05) is 18.4 Å². The van der Waals surface area contributed by atoms with E-state index >= 15 is 0 Å². The number of aromatic nitrogens is 3. The maximum Gasteiger partial charge on any atom is 0.259 e. The predicted octanol–water partition coefficient (Wildman–Crippen LogP) is 2.16. The zero-order valence-corrected chi connectivity index (χ0v) is 13.5. The Morgan fingerprint density at radius 1 is 1.29 bits per heavy atom. The maximum absolute atomic E-state index is 12.2. The van der Waals surface area contributed by atoms with E-state index < -0.39 is 0 Å². The van der Waals surface area contributed by atoms with Crippen LogP contribution in [-0.4, -0.2) is 32.7 Å². The molecule has 0 spiro atoms. The van der Waals surface area contributed by atoms with E-state index in [2.05, 4.69) is 25.6 Å². The highest BCUT2D eigenvalue weighted by Crippen LogP contribution is 2.24. The first kappa shape index (κ1) is 15.9. The summed E-state index contributed by atoms with van der Waals surface area (Å²) in [4.78, 5) is 23.5. The van der Waals surface area contributed by atoms with E-state index in [9.17, 15) is 9.90 Å². The molecule has 4 N–H and O–H groups in total. The van der Waals surface area contributed by atoms with Crippen LogP contribution in [0.1, 0.15) is 12.5 Å². The Kier molecular flexibility index (Phi) is 4.43. The van der Waals surface area contributed by atoms with Crippen LogP contribution in [0.25, 0.3) is 10.8 Å². The number of H-pyrrole nitrogens is 1. The smallest absolute Gasteiger partial charge is 0.259 e. The number of pyridine rings is 3. The molecule has 0 radical (unpaired) electrons. The Bertz CT molecular complexity index is 922. The SMILES string of the molecule is Cc1ccnc(Nc2cc3cc[nH]c(=O)c3c(N[C@@H](C)CO)n2)c1. The first-order valence-electron chi connectivity index (χ1n) is 7.66. The molecule has 3 heterocycles. The van der Waals surface area contributed by atoms with Crippen LogP contribution in [0.2, 0.25) is 0 Å². The second-order valence-corrected chi connectivity index (χ2v) is 5.70. The van der Waals surface area contributed by atoms with Gasteiger partial charge in [0.1, 0.15) is 17.5 Å². The minimum absolute atomic E-state index is 0.0645. The van der Waals surface area contributed by atoms with Crippen molar-refractivity contribution in [3.05, 3.63) is 52.6 Å². The minimum atomic E-state index is -0.229. The van der Waals surface area contributed by atoms with Gasteiger partial charge in [-0.25, -0.2) is 9.97 Å². The third-order valence-electron chi connectivity index (χ3n) is 3.58. The molecule has 124 valence electrons. The zero-order valence-electron chi connectivity index (χ0n) is 13.5. The number of nitrogens with zero attached hydrogens (tertiary/aromatic N) is 2. The summed E-state index contributed by atoms with van der Waals surface area (Å²) in [6, 6.07) is 7.19. The third-order valence-corrected chi connectivity index (χ3v) is 3.58. The van der Waals surface area contributed by atoms with Crippen molar-refractivity contribution in [3.63, 3.8) is 0 Å². The van der Waals surface area contributed by atoms with Gasteiger partial charge >= 0.3 is 0 Å². The van der Waals surface area contributed by atoms with E-state index in [0.717, 1.165) is 10.9 Å². The molecule has 0 fully saturated rings. The monoisotopic (exact) mass is 325 g/mol. The normalized spacial score (nSPS) is 12.1. The Labute approximate surface area is 138 Å². The van der Waals surface area contributed by atoms with Gasteiger partial charge in [0.05, 0.1) is 12.0 Å². The topological polar surface area (TPSA) is 103 Å². The van der Waals surface area contributed by atoms with Crippen LogP contribution in [0, 0.1) is 6.92 Å². The second kappa shape index (κ2) is 6.67. The number of aliphatic hydroxyl groups is 1. The highest BCUT2D eigenvalue weighted by molar-refractivity contribution is 5.93. The molecule has 0 aromatic carbocycles. The summed E-state index contributed by atoms with van der Waals surface area (Å²) >= 11 is 0. The van der Waals surface area contributed by atoms with Gasteiger partial charge < -0.3 is 20.7 Å². The standard InChI is InChI=1S/C17H19N5O2/c1-10-3-5-18-13(7-10)21-14-8-12-4-6-19-17(24)15(12)16(22-14)20-11(2)9-23/h3-8,11,23H,9H2,1-2H3,(H,19,24)(H2,18,20,21,22)/t11-/m0/s1. The molecular formula is C17H19N5O2. The number of aromatic amines is 1. The van der Waals surface area contributed by atoms with Gasteiger partial charge in [0.15, 0.2) is 0 Å². The van der Waals surface area contributed by atoms with Crippen molar-refractivity contribution in [1.82, 2.24) is 15.0 Å². The molecule has 7 heteroatoms. The summed E-state index contributed by atoms with van der Waals surface area (Å²) in [5, 5.41) is 16.7. The fraction of sp³-hybridized carbons (Fsp3) is 0.235. The van der Waals surface area contributed by atoms with Gasteiger partial charge in [-0.3, -0.25) is 4.79 Å². The summed E-state index contributed by atoms with van der Waals surface area (Å²) in [7, 11) is 0. The van der Waals surface area contributed by atoms with Crippen molar-refractivity contribution in [3.8, 4) is 0 Å². The molecular weight excluding hydrogens is 306 g/mol. The second-order valence-electron chi connectivity index (χ2n) is 5.70. The fourth-order valence-electron chi connectivity index (χ4n) is 2.40. The van der Waals surface area contributed by atoms with Crippen LogP contribution in [0.5, 0.6) is 0 Å². The lowest BCUT2D eigenvalue weighted by Gasteiger charge is -2.15. The van der Waals surface area contributed by atoms with E-state index in [1.807, 2.05) is 32.0 Å². The van der Waals surface area contributed by atoms with Gasteiger partial charge in [-0.1, -0.05) is 0 Å². The predicted molar refractivity (Wildman–Crippen MR) is 94.8 cm³/mol. The van der Waals surface area contributed by atoms with E-state index in [1.54, 1.807) is 18.5 Å². The molecule has 0 aliphatic rings. The lowest BCUT2D eigenvalue weighted by Crippen LogP contribution is -2.22. The number of hydrogen-bond donors (Lipinski definition) is 4. The molecule has 0 bridgehead atoms. The highest BCUT2D eigenvalue weighted by atomic mass is 16.3. The van der Waals surface area contributed by atoms with Crippen LogP contribution in [0.3, 0.4) is 0 Å². The quantitative estimate of drug-likeness (QED) is 0.573. The van der Waals surface area contributed by atoms with Crippen LogP contribution >= 0.6 is 0 Å². The van der Waals surface area contributed by atoms with Crippen molar-refractivity contribution in [2.45, 2.75) is 19.9 Å². The molecule has 1 atom stereocenters. The summed E-state index contributed by atoms with van der Waals surface area (Å²) in [6.07, 6.45) is 3.31. The number of fused-ring (bicyclic) bond motifs is 1. The van der Waals surface area contributed by atoms with Gasteiger partial charge in [-0.05, 0) is 49.1 Å². The van der Waals surface area contributed by atoms with Crippen molar-refractivity contribution in [1.29, 1.82) is 0 Å². The zero-order chi connectivity index (χ0) is 17.1. The van der Waals surface area contributed by atoms with E-state index in [4.69, 9.17) is 0 Å². The molecule has 3 rings (SSSR count). The Balaban J connectivity index is 2.07. The van der Waals surface area contributed by atoms with Gasteiger partial charge in [-0.15, -0.1) is 0 Å². The molecule has 0 aliphatic carbocycles. The van der Waals surface area contributed by atoms with Crippen molar-refractivity contribution in [2.24, 2.45) is 0 Å². The van der Waals surface area contributed by atoms with Gasteiger partial charge in [0.25, 0.3) is 5.56 Å². The molecule has 3 aromatic heterocycles. The Morgan fingerprint density at radius 3 is 2.88 bits per heavy atom. The van der Waals surface area contributed by atoms with Crippen LogP contribution in [-0.2, 0) is 0 Å². The summed E-state index contributed by atoms with van der Waals surface area (Å²) in [6.45, 7) is 3.73. The lowest BCUT2D eigenvalue weighted by atomic mass is 10.2. The summed E-state index contributed by atoms with van der Waals surface area (Å²) in [5.74, 6) is 1.66. The van der Waals surface area contributed by atoms with Gasteiger partial charge in [0.2, 0.25) is 0 Å². The van der Waals surface area contributed by atoms with E-state index in [-0.39, 0.29) is 18.2 Å². The van der Waals surface area contributed by atoms with Crippen molar-refractivity contribution >= 4 is 28.2 Å². The number of aliphatic hydroxyl groups excluding tert-OH is 1. The molecule has 0 unspecified atom stereocenters. The molecule has 7 nitrogen and oxygen atoms in total. The Morgan fingerprint density at radius 2 is 2.12 bits per heavy atom. The first-order valence-corrected chi connectivity index (χ1v) is 7.66. The van der Waals surface area contributed by atoms with E-state index in [0.29, 0.717) is 22.8 Å². The summed E-state index contributed by atoms with van der Waals surface area (Å²) < 4.78 is 0. The van der Waals surface area contributed by atoms with Crippen molar-refractivity contribution < 1.29 is 5.11 Å². The third kappa shape index (κ3) is 3.36. The number of nitrogens with one attached hydrogen (secondary N) is 3. The lowest BCUT2D eigenvalue weighted by molar-refractivity contribution is 0.281. The largest absolute Gasteiger partial charge is 0.394 e. The first-order chi connectivity index (χ1) is 11.6. The molecule has 0 saturated carbocycles.